The van der Waals surface area contributed by atoms with Crippen LogP contribution in [0.25, 0.3) is 82.4 Å². The molecule has 11 aromatic rings. The minimum Gasteiger partial charge on any atom is -0.310 e. The summed E-state index contributed by atoms with van der Waals surface area (Å²) in [4.78, 5) is 2.40. The molecule has 0 fully saturated rings. The molecule has 0 radical (unpaired) electrons. The van der Waals surface area contributed by atoms with Gasteiger partial charge in [0.25, 0.3) is 0 Å². The van der Waals surface area contributed by atoms with Crippen LogP contribution < -0.4 is 4.90 Å². The minimum absolute atomic E-state index is 1.09. The van der Waals surface area contributed by atoms with E-state index in [0.717, 1.165) is 28.3 Å². The maximum absolute atomic E-state index is 2.51. The molecule has 10 aromatic carbocycles. The summed E-state index contributed by atoms with van der Waals surface area (Å²) in [5.74, 6) is 0. The number of hydrogen-bond donors (Lipinski definition) is 0. The van der Waals surface area contributed by atoms with Crippen LogP contribution in [0.5, 0.6) is 0 Å². The molecule has 1 aromatic heterocycles. The molecular weight excluding hydrogens is 701 g/mol. The number of hydrogen-bond acceptors (Lipinski definition) is 1. The van der Waals surface area contributed by atoms with Gasteiger partial charge >= 0.3 is 0 Å². The Morgan fingerprint density at radius 1 is 0.293 bits per heavy atom. The predicted molar refractivity (Wildman–Crippen MR) is 247 cm³/mol. The van der Waals surface area contributed by atoms with E-state index in [-0.39, 0.29) is 0 Å². The van der Waals surface area contributed by atoms with Gasteiger partial charge in [0.1, 0.15) is 0 Å². The van der Waals surface area contributed by atoms with Crippen molar-refractivity contribution in [2.75, 3.05) is 4.90 Å². The van der Waals surface area contributed by atoms with E-state index in [0.29, 0.717) is 0 Å². The Morgan fingerprint density at radius 2 is 0.862 bits per heavy atom. The van der Waals surface area contributed by atoms with Crippen LogP contribution in [-0.4, -0.2) is 4.57 Å². The molecule has 2 heteroatoms. The lowest BCUT2D eigenvalue weighted by atomic mass is 9.92. The van der Waals surface area contributed by atoms with E-state index < -0.39 is 0 Å². The molecule has 0 aliphatic rings. The summed E-state index contributed by atoms with van der Waals surface area (Å²) in [7, 11) is 0. The molecule has 0 saturated heterocycles. The number of para-hydroxylation sites is 3. The Morgan fingerprint density at radius 3 is 1.64 bits per heavy atom. The first kappa shape index (κ1) is 33.6. The van der Waals surface area contributed by atoms with Crippen LogP contribution in [0.15, 0.2) is 231 Å². The van der Waals surface area contributed by atoms with Gasteiger partial charge in [0.2, 0.25) is 0 Å². The summed E-state index contributed by atoms with van der Waals surface area (Å²) < 4.78 is 2.51. The number of fused-ring (bicyclic) bond motifs is 5. The molecule has 0 aliphatic heterocycles. The number of aromatic nitrogens is 1. The quantitative estimate of drug-likeness (QED) is 0.158. The third kappa shape index (κ3) is 5.66. The highest BCUT2D eigenvalue weighted by Gasteiger charge is 2.22. The monoisotopic (exact) mass is 738 g/mol. The van der Waals surface area contributed by atoms with Gasteiger partial charge in [-0.2, -0.15) is 0 Å². The third-order valence-corrected chi connectivity index (χ3v) is 11.6. The average Bonchev–Trinajstić information content (AvgIpc) is 3.63. The second-order valence-electron chi connectivity index (χ2n) is 14.9. The first-order chi connectivity index (χ1) is 28.8. The number of rotatable bonds is 7. The molecule has 58 heavy (non-hydrogen) atoms. The van der Waals surface area contributed by atoms with Gasteiger partial charge < -0.3 is 9.47 Å². The van der Waals surface area contributed by atoms with Gasteiger partial charge in [-0.05, 0) is 86.3 Å². The fraction of sp³-hybridized carbons (Fsp3) is 0. The standard InChI is InChI=1S/C56H38N2/c1-3-17-41(18-4-1)48-27-11-13-31-53(48)57(43-23-5-2-6-24-43)44-34-36-52-50-28-12-14-32-54(50)58(56(52)38-44)55-37-42(47-29-15-21-39-19-7-9-25-45(39)47)33-35-51(55)49-30-16-22-40-20-8-10-26-46(40)49/h1-38H. The van der Waals surface area contributed by atoms with E-state index in [9.17, 15) is 0 Å². The van der Waals surface area contributed by atoms with E-state index in [2.05, 4.69) is 240 Å². The van der Waals surface area contributed by atoms with Gasteiger partial charge in [0.15, 0.2) is 0 Å². The molecule has 0 aliphatic carbocycles. The SMILES string of the molecule is c1ccc(-c2ccccc2N(c2ccccc2)c2ccc3c4ccccc4n(-c4cc(-c5cccc6ccccc56)ccc4-c4cccc5ccccc45)c3c2)cc1. The highest BCUT2D eigenvalue weighted by molar-refractivity contribution is 6.12. The number of anilines is 3. The molecule has 1 heterocycles. The summed E-state index contributed by atoms with van der Waals surface area (Å²) >= 11 is 0. The van der Waals surface area contributed by atoms with Crippen LogP contribution in [0, 0.1) is 0 Å². The average molecular weight is 739 g/mol. The Hall–Kier alpha value is -7.68. The molecule has 0 unspecified atom stereocenters. The van der Waals surface area contributed by atoms with Gasteiger partial charge in [-0.25, -0.2) is 0 Å². The lowest BCUT2D eigenvalue weighted by Crippen LogP contribution is -2.11. The lowest BCUT2D eigenvalue weighted by molar-refractivity contribution is 1.18. The van der Waals surface area contributed by atoms with E-state index in [4.69, 9.17) is 0 Å². The molecule has 2 nitrogen and oxygen atoms in total. The van der Waals surface area contributed by atoms with Gasteiger partial charge in [-0.15, -0.1) is 0 Å². The second kappa shape index (κ2) is 14.1. The largest absolute Gasteiger partial charge is 0.310 e. The zero-order valence-corrected chi connectivity index (χ0v) is 31.8. The molecule has 11 rings (SSSR count). The molecule has 0 spiro atoms. The van der Waals surface area contributed by atoms with Gasteiger partial charge in [-0.1, -0.05) is 188 Å². The highest BCUT2D eigenvalue weighted by atomic mass is 15.1. The molecule has 0 N–H and O–H groups in total. The number of nitrogens with zero attached hydrogens (tertiary/aromatic N) is 2. The van der Waals surface area contributed by atoms with Crippen molar-refractivity contribution in [2.24, 2.45) is 0 Å². The maximum Gasteiger partial charge on any atom is 0.0562 e. The molecule has 0 amide bonds. The van der Waals surface area contributed by atoms with E-state index >= 15 is 0 Å². The Bertz CT molecular complexity index is 3280. The van der Waals surface area contributed by atoms with E-state index in [1.807, 2.05) is 0 Å². The zero-order valence-electron chi connectivity index (χ0n) is 31.8. The second-order valence-corrected chi connectivity index (χ2v) is 14.9. The summed E-state index contributed by atoms with van der Waals surface area (Å²) in [6.07, 6.45) is 0. The lowest BCUT2D eigenvalue weighted by Gasteiger charge is -2.28. The molecule has 0 saturated carbocycles. The summed E-state index contributed by atoms with van der Waals surface area (Å²) in [6, 6.07) is 83.8. The smallest absolute Gasteiger partial charge is 0.0562 e. The minimum atomic E-state index is 1.09. The maximum atomic E-state index is 2.51. The summed E-state index contributed by atoms with van der Waals surface area (Å²) in [5, 5.41) is 7.37. The summed E-state index contributed by atoms with van der Waals surface area (Å²) in [6.45, 7) is 0. The third-order valence-electron chi connectivity index (χ3n) is 11.6. The molecule has 0 bridgehead atoms. The van der Waals surface area contributed by atoms with Crippen molar-refractivity contribution in [3.63, 3.8) is 0 Å². The fourth-order valence-corrected chi connectivity index (χ4v) is 8.94. The van der Waals surface area contributed by atoms with Crippen LogP contribution in [0.3, 0.4) is 0 Å². The first-order valence-corrected chi connectivity index (χ1v) is 19.9. The van der Waals surface area contributed by atoms with Crippen molar-refractivity contribution in [1.82, 2.24) is 4.57 Å². The van der Waals surface area contributed by atoms with Crippen LogP contribution in [-0.2, 0) is 0 Å². The van der Waals surface area contributed by atoms with Crippen LogP contribution in [0.1, 0.15) is 0 Å². The Kier molecular flexibility index (Phi) is 8.19. The van der Waals surface area contributed by atoms with Gasteiger partial charge in [0, 0.05) is 33.3 Å². The molecule has 272 valence electrons. The zero-order chi connectivity index (χ0) is 38.4. The molecule has 0 atom stereocenters. The number of benzene rings is 10. The van der Waals surface area contributed by atoms with Gasteiger partial charge in [0.05, 0.1) is 22.4 Å². The topological polar surface area (TPSA) is 8.17 Å². The van der Waals surface area contributed by atoms with E-state index in [1.54, 1.807) is 0 Å². The summed E-state index contributed by atoms with van der Waals surface area (Å²) in [5.41, 5.74) is 13.9. The fourth-order valence-electron chi connectivity index (χ4n) is 8.94. The van der Waals surface area contributed by atoms with Crippen molar-refractivity contribution in [3.8, 4) is 39.1 Å². The Balaban J connectivity index is 1.22. The van der Waals surface area contributed by atoms with Crippen LogP contribution in [0.4, 0.5) is 17.1 Å². The van der Waals surface area contributed by atoms with Crippen molar-refractivity contribution < 1.29 is 0 Å². The van der Waals surface area contributed by atoms with Crippen molar-refractivity contribution in [2.45, 2.75) is 0 Å². The van der Waals surface area contributed by atoms with Crippen molar-refractivity contribution >= 4 is 60.4 Å². The van der Waals surface area contributed by atoms with Crippen molar-refractivity contribution in [3.05, 3.63) is 231 Å². The van der Waals surface area contributed by atoms with Gasteiger partial charge in [-0.3, -0.25) is 0 Å². The predicted octanol–water partition coefficient (Wildman–Crippen LogP) is 15.6. The Labute approximate surface area is 338 Å². The molecular formula is C56H38N2. The van der Waals surface area contributed by atoms with Crippen LogP contribution >= 0.6 is 0 Å². The van der Waals surface area contributed by atoms with Crippen molar-refractivity contribution in [1.29, 1.82) is 0 Å². The normalized spacial score (nSPS) is 11.4. The first-order valence-electron chi connectivity index (χ1n) is 19.9. The van der Waals surface area contributed by atoms with Crippen LogP contribution in [0.2, 0.25) is 0 Å². The van der Waals surface area contributed by atoms with E-state index in [1.165, 1.54) is 71.2 Å². The highest BCUT2D eigenvalue weighted by Crippen LogP contribution is 2.45.